The summed E-state index contributed by atoms with van der Waals surface area (Å²) in [7, 11) is -7.72. The Morgan fingerprint density at radius 2 is 0.897 bits per heavy atom. The Hall–Kier alpha value is -2.88. The van der Waals surface area contributed by atoms with Crippen LogP contribution in [0.15, 0.2) is 56.5 Å². The summed E-state index contributed by atoms with van der Waals surface area (Å²) in [6, 6.07) is 10.3. The molecule has 0 amide bonds. The van der Waals surface area contributed by atoms with E-state index in [1.54, 1.807) is 45.0 Å². The molecular weight excluding hydrogens is 773 g/mol. The second-order valence-corrected chi connectivity index (χ2v) is 21.9. The summed E-state index contributed by atoms with van der Waals surface area (Å²) < 4.78 is 60.6. The normalized spacial score (nSPS) is 25.5. The second-order valence-electron chi connectivity index (χ2n) is 18.0. The maximum Gasteiger partial charge on any atom is 0.243 e. The molecule has 14 heteroatoms. The summed E-state index contributed by atoms with van der Waals surface area (Å²) in [6.45, 7) is 17.3. The average molecular weight is 839 g/mol. The number of sulfonamides is 2. The van der Waals surface area contributed by atoms with E-state index in [1.807, 2.05) is 0 Å². The standard InChI is InChI=1S/C44H66N6O6S2/c1-33-25-34(2)30-49(29-33)57(51,52)37-13-15-39-41(27-37)44(46-56-24-12-22-48-19-9-6-10-20-48)42-28-38(58(53,54)50-31-35(3)26-36(4)32-50)14-16-40(42)43(39)45-55-23-11-21-47-17-7-5-8-18-47/h13-16,27-28,33-36H,5-12,17-26,29-32H2,1-4H3. The molecule has 5 aliphatic rings. The maximum absolute atomic E-state index is 14.3. The van der Waals surface area contributed by atoms with Gasteiger partial charge in [-0.3, -0.25) is 0 Å². The average Bonchev–Trinajstić information content (AvgIpc) is 3.20. The van der Waals surface area contributed by atoms with Crippen molar-refractivity contribution in [3.8, 4) is 0 Å². The molecule has 0 saturated carbocycles. The van der Waals surface area contributed by atoms with E-state index < -0.39 is 20.0 Å². The number of hydrogen-bond acceptors (Lipinski definition) is 10. The molecule has 4 fully saturated rings. The van der Waals surface area contributed by atoms with E-state index in [9.17, 15) is 16.8 Å². The van der Waals surface area contributed by atoms with Crippen LogP contribution in [-0.4, -0.2) is 125 Å². The third kappa shape index (κ3) is 10.2. The predicted molar refractivity (Wildman–Crippen MR) is 229 cm³/mol. The second kappa shape index (κ2) is 19.2. The summed E-state index contributed by atoms with van der Waals surface area (Å²) in [4.78, 5) is 17.4. The lowest BCUT2D eigenvalue weighted by atomic mass is 9.83. The summed E-state index contributed by atoms with van der Waals surface area (Å²) in [5.74, 6) is 0.983. The van der Waals surface area contributed by atoms with Crippen LogP contribution < -0.4 is 0 Å². The highest BCUT2D eigenvalue weighted by Gasteiger charge is 2.37. The minimum Gasteiger partial charge on any atom is -0.395 e. The highest BCUT2D eigenvalue weighted by molar-refractivity contribution is 7.89. The smallest absolute Gasteiger partial charge is 0.243 e. The van der Waals surface area contributed by atoms with Crippen molar-refractivity contribution in [3.63, 3.8) is 0 Å². The van der Waals surface area contributed by atoms with Crippen molar-refractivity contribution in [1.82, 2.24) is 18.4 Å². The third-order valence-corrected chi connectivity index (χ3v) is 16.2. The van der Waals surface area contributed by atoms with Crippen LogP contribution in [0, 0.1) is 23.7 Å². The number of oxime groups is 2. The molecule has 1 aliphatic carbocycles. The first-order chi connectivity index (χ1) is 27.9. The Morgan fingerprint density at radius 3 is 1.28 bits per heavy atom. The lowest BCUT2D eigenvalue weighted by molar-refractivity contribution is 0.124. The monoisotopic (exact) mass is 838 g/mol. The van der Waals surface area contributed by atoms with Gasteiger partial charge in [-0.25, -0.2) is 16.8 Å². The fraction of sp³-hybridized carbons (Fsp3) is 0.682. The van der Waals surface area contributed by atoms with Gasteiger partial charge in [0.1, 0.15) is 24.6 Å². The predicted octanol–water partition coefficient (Wildman–Crippen LogP) is 6.62. The van der Waals surface area contributed by atoms with Gasteiger partial charge in [0.15, 0.2) is 0 Å². The van der Waals surface area contributed by atoms with Crippen molar-refractivity contribution in [2.45, 2.75) is 102 Å². The van der Waals surface area contributed by atoms with Crippen LogP contribution in [0.1, 0.15) is 114 Å². The number of benzene rings is 2. The zero-order chi connectivity index (χ0) is 40.9. The van der Waals surface area contributed by atoms with Gasteiger partial charge in [-0.2, -0.15) is 8.61 Å². The number of nitrogens with zero attached hydrogens (tertiary/aromatic N) is 6. The Morgan fingerprint density at radius 1 is 0.534 bits per heavy atom. The molecule has 4 heterocycles. The molecule has 320 valence electrons. The molecule has 0 radical (unpaired) electrons. The third-order valence-electron chi connectivity index (χ3n) is 12.6. The van der Waals surface area contributed by atoms with Crippen molar-refractivity contribution in [2.24, 2.45) is 34.0 Å². The lowest BCUT2D eigenvalue weighted by Gasteiger charge is -2.34. The van der Waals surface area contributed by atoms with Gasteiger partial charge < -0.3 is 19.5 Å². The van der Waals surface area contributed by atoms with E-state index in [-0.39, 0.29) is 33.5 Å². The highest BCUT2D eigenvalue weighted by atomic mass is 32.2. The Balaban J connectivity index is 1.26. The molecule has 0 N–H and O–H groups in total. The first-order valence-corrected chi connectivity index (χ1v) is 24.9. The first-order valence-electron chi connectivity index (χ1n) is 22.0. The number of rotatable bonds is 14. The molecule has 0 spiro atoms. The Kier molecular flexibility index (Phi) is 14.3. The highest BCUT2D eigenvalue weighted by Crippen LogP contribution is 2.35. The van der Waals surface area contributed by atoms with E-state index in [4.69, 9.17) is 20.0 Å². The minimum absolute atomic E-state index is 0.163. The summed E-state index contributed by atoms with van der Waals surface area (Å²) in [5, 5.41) is 9.47. The van der Waals surface area contributed by atoms with Gasteiger partial charge in [-0.05, 0) is 125 Å². The molecular formula is C44H66N6O6S2. The topological polar surface area (TPSA) is 124 Å². The van der Waals surface area contributed by atoms with E-state index in [1.165, 1.54) is 38.5 Å². The van der Waals surface area contributed by atoms with E-state index >= 15 is 0 Å². The van der Waals surface area contributed by atoms with Crippen molar-refractivity contribution in [2.75, 3.05) is 78.7 Å². The van der Waals surface area contributed by atoms with Crippen LogP contribution in [0.4, 0.5) is 0 Å². The number of piperidine rings is 4. The van der Waals surface area contributed by atoms with E-state index in [0.29, 0.717) is 73.1 Å². The fourth-order valence-corrected chi connectivity index (χ4v) is 13.3. The van der Waals surface area contributed by atoms with Gasteiger partial charge in [0.25, 0.3) is 0 Å². The number of hydrogen-bond donors (Lipinski definition) is 0. The molecule has 0 aromatic heterocycles. The summed E-state index contributed by atoms with van der Waals surface area (Å²) in [6.07, 6.45) is 11.0. The SMILES string of the molecule is CC1CC(C)CN(S(=O)(=O)c2ccc3c(c2)C(=NOCCCN2CCCCC2)c2cc(S(=O)(=O)N4CC(C)CC(C)C4)ccc2C3=NOCCCN2CCCCC2)C1. The van der Waals surface area contributed by atoms with Gasteiger partial charge in [-0.15, -0.1) is 0 Å². The Bertz CT molecular complexity index is 1880. The molecule has 4 aliphatic heterocycles. The van der Waals surface area contributed by atoms with Crippen molar-refractivity contribution in [3.05, 3.63) is 58.7 Å². The van der Waals surface area contributed by atoms with Crippen molar-refractivity contribution >= 4 is 31.5 Å². The lowest BCUT2D eigenvalue weighted by Crippen LogP contribution is -2.42. The number of likely N-dealkylation sites (tertiary alicyclic amines) is 2. The van der Waals surface area contributed by atoms with Crippen molar-refractivity contribution in [1.29, 1.82) is 0 Å². The fourth-order valence-electron chi connectivity index (χ4n) is 9.85. The van der Waals surface area contributed by atoms with Crippen LogP contribution >= 0.6 is 0 Å². The molecule has 2 aromatic carbocycles. The molecule has 2 aromatic rings. The van der Waals surface area contributed by atoms with Crippen LogP contribution in [0.3, 0.4) is 0 Å². The molecule has 4 atom stereocenters. The molecule has 58 heavy (non-hydrogen) atoms. The van der Waals surface area contributed by atoms with Crippen LogP contribution in [-0.2, 0) is 29.7 Å². The molecule has 4 saturated heterocycles. The summed E-state index contributed by atoms with van der Waals surface area (Å²) >= 11 is 0. The van der Waals surface area contributed by atoms with Gasteiger partial charge >= 0.3 is 0 Å². The van der Waals surface area contributed by atoms with Gasteiger partial charge in [0, 0.05) is 61.5 Å². The van der Waals surface area contributed by atoms with Crippen LogP contribution in [0.25, 0.3) is 0 Å². The Labute approximate surface area is 348 Å². The molecule has 7 rings (SSSR count). The quantitative estimate of drug-likeness (QED) is 0.131. The number of fused-ring (bicyclic) bond motifs is 2. The minimum atomic E-state index is -3.86. The first kappa shape index (κ1) is 43.2. The van der Waals surface area contributed by atoms with E-state index in [0.717, 1.165) is 65.0 Å². The van der Waals surface area contributed by atoms with Crippen LogP contribution in [0.5, 0.6) is 0 Å². The summed E-state index contributed by atoms with van der Waals surface area (Å²) in [5.41, 5.74) is 3.27. The molecule has 4 unspecified atom stereocenters. The largest absolute Gasteiger partial charge is 0.395 e. The van der Waals surface area contributed by atoms with Crippen molar-refractivity contribution < 1.29 is 26.5 Å². The van der Waals surface area contributed by atoms with Crippen LogP contribution in [0.2, 0.25) is 0 Å². The maximum atomic E-state index is 14.3. The van der Waals surface area contributed by atoms with Gasteiger partial charge in [0.05, 0.1) is 9.79 Å². The molecule has 0 bridgehead atoms. The molecule has 12 nitrogen and oxygen atoms in total. The van der Waals surface area contributed by atoms with E-state index in [2.05, 4.69) is 37.5 Å². The zero-order valence-electron chi connectivity index (χ0n) is 35.3. The zero-order valence-corrected chi connectivity index (χ0v) is 36.9. The van der Waals surface area contributed by atoms with Gasteiger partial charge in [0.2, 0.25) is 20.0 Å². The van der Waals surface area contributed by atoms with Gasteiger partial charge in [-0.1, -0.05) is 63.0 Å².